The van der Waals surface area contributed by atoms with E-state index in [1.165, 1.54) is 19.1 Å². The summed E-state index contributed by atoms with van der Waals surface area (Å²) in [6.07, 6.45) is -2.99. The molecule has 1 N–H and O–H groups in total. The lowest BCUT2D eigenvalue weighted by molar-refractivity contribution is 0.0695. The van der Waals surface area contributed by atoms with Crippen molar-refractivity contribution in [2.45, 2.75) is 18.2 Å². The second kappa shape index (κ2) is 4.79. The van der Waals surface area contributed by atoms with Crippen LogP contribution in [0.4, 0.5) is 8.78 Å². The van der Waals surface area contributed by atoms with Gasteiger partial charge in [-0.05, 0) is 24.6 Å². The third-order valence-corrected chi connectivity index (χ3v) is 4.00. The van der Waals surface area contributed by atoms with Crippen LogP contribution in [0, 0.1) is 6.92 Å². The smallest absolute Gasteiger partial charge is 0.335 e. The minimum absolute atomic E-state index is 0.0272. The van der Waals surface area contributed by atoms with E-state index in [1.807, 2.05) is 0 Å². The van der Waals surface area contributed by atoms with Crippen LogP contribution in [-0.2, 0) is 9.84 Å². The summed E-state index contributed by atoms with van der Waals surface area (Å²) in [7, 11) is -4.16. The van der Waals surface area contributed by atoms with Gasteiger partial charge in [0.2, 0.25) is 0 Å². The number of halogens is 2. The summed E-state index contributed by atoms with van der Waals surface area (Å²) in [5.74, 6) is -2.60. The predicted molar refractivity (Wildman–Crippen MR) is 56.2 cm³/mol. The van der Waals surface area contributed by atoms with Gasteiger partial charge in [0, 0.05) is 0 Å². The molecule has 0 bridgehead atoms. The van der Waals surface area contributed by atoms with Crippen molar-refractivity contribution in [2.75, 3.05) is 5.75 Å². The van der Waals surface area contributed by atoms with Gasteiger partial charge in [-0.3, -0.25) is 0 Å². The normalized spacial score (nSPS) is 11.8. The van der Waals surface area contributed by atoms with Crippen molar-refractivity contribution in [3.8, 4) is 0 Å². The molecule has 0 aliphatic heterocycles. The Morgan fingerprint density at radius 3 is 2.47 bits per heavy atom. The highest BCUT2D eigenvalue weighted by Crippen LogP contribution is 2.21. The minimum Gasteiger partial charge on any atom is -0.478 e. The van der Waals surface area contributed by atoms with Crippen molar-refractivity contribution in [3.63, 3.8) is 0 Å². The SMILES string of the molecule is Cc1c(C(=O)O)cccc1S(=O)(=O)CC(F)F. The molecule has 0 aliphatic rings. The number of benzene rings is 1. The van der Waals surface area contributed by atoms with E-state index in [0.29, 0.717) is 0 Å². The Balaban J connectivity index is 3.33. The molecule has 7 heteroatoms. The van der Waals surface area contributed by atoms with E-state index in [0.717, 1.165) is 6.07 Å². The summed E-state index contributed by atoms with van der Waals surface area (Å²) in [6, 6.07) is 3.56. The summed E-state index contributed by atoms with van der Waals surface area (Å²) >= 11 is 0. The molecule has 1 rings (SSSR count). The average Bonchev–Trinajstić information content (AvgIpc) is 2.14. The Morgan fingerprint density at radius 2 is 2.00 bits per heavy atom. The Morgan fingerprint density at radius 1 is 1.41 bits per heavy atom. The number of carboxylic acids is 1. The molecule has 0 radical (unpaired) electrons. The van der Waals surface area contributed by atoms with Crippen LogP contribution in [0.3, 0.4) is 0 Å². The molecule has 0 fully saturated rings. The van der Waals surface area contributed by atoms with E-state index in [1.54, 1.807) is 0 Å². The fourth-order valence-corrected chi connectivity index (χ4v) is 2.81. The first-order valence-corrected chi connectivity index (χ1v) is 6.24. The summed E-state index contributed by atoms with van der Waals surface area (Å²) < 4.78 is 47.4. The Kier molecular flexibility index (Phi) is 3.82. The largest absolute Gasteiger partial charge is 0.478 e. The lowest BCUT2D eigenvalue weighted by Crippen LogP contribution is -2.16. The highest BCUT2D eigenvalue weighted by atomic mass is 32.2. The van der Waals surface area contributed by atoms with E-state index in [4.69, 9.17) is 5.11 Å². The third-order valence-electron chi connectivity index (χ3n) is 2.19. The van der Waals surface area contributed by atoms with Gasteiger partial charge in [-0.15, -0.1) is 0 Å². The second-order valence-corrected chi connectivity index (χ2v) is 5.41. The van der Waals surface area contributed by atoms with Gasteiger partial charge < -0.3 is 5.11 Å². The molecular formula is C10H10F2O4S. The third kappa shape index (κ3) is 3.00. The van der Waals surface area contributed by atoms with Gasteiger partial charge in [0.15, 0.2) is 9.84 Å². The molecule has 1 aromatic carbocycles. The molecule has 0 amide bonds. The van der Waals surface area contributed by atoms with Crippen molar-refractivity contribution in [3.05, 3.63) is 29.3 Å². The molecular weight excluding hydrogens is 254 g/mol. The van der Waals surface area contributed by atoms with E-state index in [-0.39, 0.29) is 16.0 Å². The van der Waals surface area contributed by atoms with Crippen LogP contribution in [0.5, 0.6) is 0 Å². The first kappa shape index (κ1) is 13.6. The van der Waals surface area contributed by atoms with E-state index in [9.17, 15) is 22.0 Å². The van der Waals surface area contributed by atoms with E-state index >= 15 is 0 Å². The summed E-state index contributed by atoms with van der Waals surface area (Å²) in [5, 5.41) is 8.79. The minimum atomic E-state index is -4.16. The quantitative estimate of drug-likeness (QED) is 0.899. The molecule has 0 spiro atoms. The van der Waals surface area contributed by atoms with Gasteiger partial charge in [-0.1, -0.05) is 6.07 Å². The molecule has 94 valence electrons. The lowest BCUT2D eigenvalue weighted by atomic mass is 10.1. The van der Waals surface area contributed by atoms with Gasteiger partial charge in [-0.2, -0.15) is 0 Å². The highest BCUT2D eigenvalue weighted by Gasteiger charge is 2.24. The molecule has 0 aromatic heterocycles. The number of aromatic carboxylic acids is 1. The van der Waals surface area contributed by atoms with Crippen LogP contribution in [0.2, 0.25) is 0 Å². The molecule has 0 saturated heterocycles. The standard InChI is InChI=1S/C10H10F2O4S/c1-6-7(10(13)14)3-2-4-8(6)17(15,16)5-9(11)12/h2-4,9H,5H2,1H3,(H,13,14). The number of alkyl halides is 2. The molecule has 0 unspecified atom stereocenters. The molecule has 1 aromatic rings. The number of carboxylic acid groups (broad SMARTS) is 1. The van der Waals surface area contributed by atoms with E-state index in [2.05, 4.69) is 0 Å². The summed E-state index contributed by atoms with van der Waals surface area (Å²) in [5.41, 5.74) is -0.235. The number of hydrogen-bond acceptors (Lipinski definition) is 3. The Bertz CT molecular complexity index is 537. The number of sulfone groups is 1. The van der Waals surface area contributed by atoms with Gasteiger partial charge in [0.1, 0.15) is 5.75 Å². The monoisotopic (exact) mass is 264 g/mol. The van der Waals surface area contributed by atoms with Crippen molar-refractivity contribution in [2.24, 2.45) is 0 Å². The van der Waals surface area contributed by atoms with Gasteiger partial charge in [0.25, 0.3) is 6.43 Å². The van der Waals surface area contributed by atoms with Crippen molar-refractivity contribution in [1.82, 2.24) is 0 Å². The maximum Gasteiger partial charge on any atom is 0.335 e. The van der Waals surface area contributed by atoms with Crippen LogP contribution in [-0.4, -0.2) is 31.7 Å². The molecule has 0 atom stereocenters. The van der Waals surface area contributed by atoms with Crippen molar-refractivity contribution >= 4 is 15.8 Å². The van der Waals surface area contributed by atoms with Crippen LogP contribution in [0.1, 0.15) is 15.9 Å². The van der Waals surface area contributed by atoms with Crippen LogP contribution in [0.15, 0.2) is 23.1 Å². The van der Waals surface area contributed by atoms with Crippen molar-refractivity contribution in [1.29, 1.82) is 0 Å². The number of hydrogen-bond donors (Lipinski definition) is 1. The lowest BCUT2D eigenvalue weighted by Gasteiger charge is -2.09. The predicted octanol–water partition coefficient (Wildman–Crippen LogP) is 1.73. The fourth-order valence-electron chi connectivity index (χ4n) is 1.44. The zero-order valence-corrected chi connectivity index (χ0v) is 9.67. The van der Waals surface area contributed by atoms with Crippen LogP contribution < -0.4 is 0 Å². The first-order chi connectivity index (χ1) is 7.75. The maximum atomic E-state index is 12.1. The Labute approximate surface area is 96.8 Å². The number of rotatable bonds is 4. The topological polar surface area (TPSA) is 71.4 Å². The molecule has 17 heavy (non-hydrogen) atoms. The zero-order valence-electron chi connectivity index (χ0n) is 8.85. The summed E-state index contributed by atoms with van der Waals surface area (Å²) in [6.45, 7) is 1.28. The van der Waals surface area contributed by atoms with Gasteiger partial charge in [0.05, 0.1) is 10.5 Å². The van der Waals surface area contributed by atoms with Gasteiger partial charge in [-0.25, -0.2) is 22.0 Å². The molecule has 0 saturated carbocycles. The molecule has 4 nitrogen and oxygen atoms in total. The van der Waals surface area contributed by atoms with Crippen molar-refractivity contribution < 1.29 is 27.1 Å². The number of carbonyl (C=O) groups is 1. The fraction of sp³-hybridized carbons (Fsp3) is 0.300. The Hall–Kier alpha value is -1.50. The van der Waals surface area contributed by atoms with Crippen LogP contribution >= 0.6 is 0 Å². The first-order valence-electron chi connectivity index (χ1n) is 4.59. The maximum absolute atomic E-state index is 12.1. The average molecular weight is 264 g/mol. The highest BCUT2D eigenvalue weighted by molar-refractivity contribution is 7.91. The van der Waals surface area contributed by atoms with Crippen LogP contribution in [0.25, 0.3) is 0 Å². The second-order valence-electron chi connectivity index (χ2n) is 3.41. The zero-order chi connectivity index (χ0) is 13.2. The molecule has 0 aliphatic carbocycles. The van der Waals surface area contributed by atoms with Gasteiger partial charge >= 0.3 is 5.97 Å². The molecule has 0 heterocycles. The summed E-state index contributed by atoms with van der Waals surface area (Å²) in [4.78, 5) is 10.4. The van der Waals surface area contributed by atoms with E-state index < -0.39 is 28.0 Å².